The molecule has 2 heterocycles. The van der Waals surface area contributed by atoms with Crippen LogP contribution in [0, 0.1) is 5.41 Å². The van der Waals surface area contributed by atoms with Crippen LogP contribution in [0.4, 0.5) is 11.6 Å². The van der Waals surface area contributed by atoms with E-state index in [0.29, 0.717) is 12.2 Å². The molecular formula is C20H28N4O2. The number of nitrogens with one attached hydrogen (secondary N) is 1. The quantitative estimate of drug-likeness (QED) is 0.832. The SMILES string of the molecule is CC(C)(C)n1nccc1Nc1cccc(CC2(C(=O)O)CCCCC2)n1. The second-order valence-corrected chi connectivity index (χ2v) is 8.26. The van der Waals surface area contributed by atoms with Crippen molar-refractivity contribution in [1.82, 2.24) is 14.8 Å². The molecule has 1 saturated carbocycles. The number of rotatable bonds is 5. The Morgan fingerprint density at radius 2 is 1.96 bits per heavy atom. The van der Waals surface area contributed by atoms with Gasteiger partial charge in [-0.1, -0.05) is 25.3 Å². The summed E-state index contributed by atoms with van der Waals surface area (Å²) < 4.78 is 1.92. The van der Waals surface area contributed by atoms with Crippen molar-refractivity contribution in [3.8, 4) is 0 Å². The standard InChI is InChI=1S/C20H28N4O2/c1-19(2,3)24-17(10-13-21-24)23-16-9-7-8-15(22-16)14-20(18(25)26)11-5-4-6-12-20/h7-10,13H,4-6,11-12,14H2,1-3H3,(H,22,23)(H,25,26). The number of hydrogen-bond acceptors (Lipinski definition) is 4. The van der Waals surface area contributed by atoms with E-state index in [1.807, 2.05) is 28.9 Å². The van der Waals surface area contributed by atoms with Crippen LogP contribution in [-0.4, -0.2) is 25.8 Å². The fourth-order valence-corrected chi connectivity index (χ4v) is 3.75. The highest BCUT2D eigenvalue weighted by Gasteiger charge is 2.40. The molecule has 1 aliphatic rings. The number of aliphatic carboxylic acids is 1. The molecule has 0 aromatic carbocycles. The molecule has 0 radical (unpaired) electrons. The highest BCUT2D eigenvalue weighted by Crippen LogP contribution is 2.39. The van der Waals surface area contributed by atoms with Crippen molar-refractivity contribution in [3.05, 3.63) is 36.2 Å². The van der Waals surface area contributed by atoms with Crippen LogP contribution in [0.3, 0.4) is 0 Å². The molecule has 1 fully saturated rings. The van der Waals surface area contributed by atoms with Crippen LogP contribution in [0.5, 0.6) is 0 Å². The second kappa shape index (κ2) is 7.09. The third-order valence-corrected chi connectivity index (χ3v) is 5.12. The molecule has 2 aromatic heterocycles. The minimum Gasteiger partial charge on any atom is -0.481 e. The van der Waals surface area contributed by atoms with Crippen molar-refractivity contribution in [2.24, 2.45) is 5.41 Å². The van der Waals surface area contributed by atoms with E-state index in [0.717, 1.165) is 43.6 Å². The van der Waals surface area contributed by atoms with Gasteiger partial charge in [0, 0.05) is 18.2 Å². The number of hydrogen-bond donors (Lipinski definition) is 2. The molecule has 26 heavy (non-hydrogen) atoms. The van der Waals surface area contributed by atoms with Gasteiger partial charge in [0.15, 0.2) is 0 Å². The first-order valence-corrected chi connectivity index (χ1v) is 9.31. The third kappa shape index (κ3) is 3.89. The topological polar surface area (TPSA) is 80.0 Å². The van der Waals surface area contributed by atoms with Gasteiger partial charge in [-0.15, -0.1) is 0 Å². The largest absolute Gasteiger partial charge is 0.481 e. The van der Waals surface area contributed by atoms with Crippen LogP contribution >= 0.6 is 0 Å². The molecule has 6 heteroatoms. The summed E-state index contributed by atoms with van der Waals surface area (Å²) in [4.78, 5) is 16.6. The molecule has 0 saturated heterocycles. The van der Waals surface area contributed by atoms with Gasteiger partial charge >= 0.3 is 5.97 Å². The monoisotopic (exact) mass is 356 g/mol. The molecule has 140 valence electrons. The van der Waals surface area contributed by atoms with Gasteiger partial charge in [-0.3, -0.25) is 4.79 Å². The molecule has 0 aliphatic heterocycles. The van der Waals surface area contributed by atoms with E-state index in [9.17, 15) is 9.90 Å². The second-order valence-electron chi connectivity index (χ2n) is 8.26. The fraction of sp³-hybridized carbons (Fsp3) is 0.550. The maximum atomic E-state index is 11.9. The van der Waals surface area contributed by atoms with Gasteiger partial charge in [0.25, 0.3) is 0 Å². The van der Waals surface area contributed by atoms with Crippen LogP contribution in [0.25, 0.3) is 0 Å². The van der Waals surface area contributed by atoms with Crippen LogP contribution in [-0.2, 0) is 16.8 Å². The van der Waals surface area contributed by atoms with E-state index < -0.39 is 11.4 Å². The highest BCUT2D eigenvalue weighted by atomic mass is 16.4. The van der Waals surface area contributed by atoms with E-state index in [1.54, 1.807) is 6.20 Å². The summed E-state index contributed by atoms with van der Waals surface area (Å²) in [6.07, 6.45) is 6.80. The number of carboxylic acid groups (broad SMARTS) is 1. The van der Waals surface area contributed by atoms with E-state index in [-0.39, 0.29) is 5.54 Å². The van der Waals surface area contributed by atoms with Gasteiger partial charge < -0.3 is 10.4 Å². The van der Waals surface area contributed by atoms with Gasteiger partial charge in [0.05, 0.1) is 17.2 Å². The van der Waals surface area contributed by atoms with Crippen LogP contribution in [0.1, 0.15) is 58.6 Å². The molecule has 3 rings (SSSR count). The van der Waals surface area contributed by atoms with Crippen molar-refractivity contribution in [2.45, 2.75) is 64.8 Å². The normalized spacial score (nSPS) is 17.0. The summed E-state index contributed by atoms with van der Waals surface area (Å²) >= 11 is 0. The van der Waals surface area contributed by atoms with Gasteiger partial charge in [-0.05, 0) is 45.7 Å². The molecule has 0 amide bonds. The maximum absolute atomic E-state index is 11.9. The Morgan fingerprint density at radius 3 is 2.62 bits per heavy atom. The molecule has 1 aliphatic carbocycles. The Morgan fingerprint density at radius 1 is 1.23 bits per heavy atom. The number of carbonyl (C=O) groups is 1. The van der Waals surface area contributed by atoms with Gasteiger partial charge in [-0.2, -0.15) is 5.10 Å². The number of anilines is 2. The Balaban J connectivity index is 1.81. The van der Waals surface area contributed by atoms with Crippen molar-refractivity contribution in [1.29, 1.82) is 0 Å². The Labute approximate surface area is 154 Å². The minimum atomic E-state index is -0.692. The van der Waals surface area contributed by atoms with Crippen molar-refractivity contribution < 1.29 is 9.90 Å². The first kappa shape index (κ1) is 18.4. The maximum Gasteiger partial charge on any atom is 0.310 e. The molecule has 0 bridgehead atoms. The fourth-order valence-electron chi connectivity index (χ4n) is 3.75. The number of pyridine rings is 1. The lowest BCUT2D eigenvalue weighted by atomic mass is 9.71. The van der Waals surface area contributed by atoms with E-state index in [4.69, 9.17) is 0 Å². The van der Waals surface area contributed by atoms with Crippen molar-refractivity contribution >= 4 is 17.6 Å². The summed E-state index contributed by atoms with van der Waals surface area (Å²) in [5.74, 6) is 0.890. The van der Waals surface area contributed by atoms with Crippen molar-refractivity contribution in [2.75, 3.05) is 5.32 Å². The molecule has 0 atom stereocenters. The zero-order valence-electron chi connectivity index (χ0n) is 15.8. The average molecular weight is 356 g/mol. The zero-order chi connectivity index (χ0) is 18.8. The predicted molar refractivity (Wildman–Crippen MR) is 102 cm³/mol. The number of carboxylic acids is 1. The van der Waals surface area contributed by atoms with Gasteiger partial charge in [-0.25, -0.2) is 9.67 Å². The number of aromatic nitrogens is 3. The molecule has 0 spiro atoms. The lowest BCUT2D eigenvalue weighted by Crippen LogP contribution is -2.35. The lowest BCUT2D eigenvalue weighted by Gasteiger charge is -2.33. The van der Waals surface area contributed by atoms with E-state index in [1.165, 1.54) is 0 Å². The highest BCUT2D eigenvalue weighted by molar-refractivity contribution is 5.75. The Hall–Kier alpha value is -2.37. The first-order chi connectivity index (χ1) is 12.3. The average Bonchev–Trinajstić information content (AvgIpc) is 3.04. The van der Waals surface area contributed by atoms with E-state index in [2.05, 4.69) is 36.2 Å². The van der Waals surface area contributed by atoms with Crippen LogP contribution in [0.15, 0.2) is 30.5 Å². The summed E-state index contributed by atoms with van der Waals surface area (Å²) in [5.41, 5.74) is 0.0109. The van der Waals surface area contributed by atoms with E-state index >= 15 is 0 Å². The molecule has 2 aromatic rings. The van der Waals surface area contributed by atoms with Gasteiger partial charge in [0.2, 0.25) is 0 Å². The van der Waals surface area contributed by atoms with Crippen LogP contribution < -0.4 is 5.32 Å². The lowest BCUT2D eigenvalue weighted by molar-refractivity contribution is -0.151. The zero-order valence-corrected chi connectivity index (χ0v) is 15.8. The summed E-state index contributed by atoms with van der Waals surface area (Å²) in [6, 6.07) is 7.67. The predicted octanol–water partition coefficient (Wildman–Crippen LogP) is 4.35. The molecule has 6 nitrogen and oxygen atoms in total. The number of nitrogens with zero attached hydrogens (tertiary/aromatic N) is 3. The summed E-state index contributed by atoms with van der Waals surface area (Å²) in [5, 5.41) is 17.5. The molecule has 0 unspecified atom stereocenters. The molecular weight excluding hydrogens is 328 g/mol. The summed E-state index contributed by atoms with van der Waals surface area (Å²) in [7, 11) is 0. The third-order valence-electron chi connectivity index (χ3n) is 5.12. The van der Waals surface area contributed by atoms with Gasteiger partial charge in [0.1, 0.15) is 11.6 Å². The molecule has 2 N–H and O–H groups in total. The Bertz CT molecular complexity index is 770. The smallest absolute Gasteiger partial charge is 0.310 e. The van der Waals surface area contributed by atoms with Crippen molar-refractivity contribution in [3.63, 3.8) is 0 Å². The first-order valence-electron chi connectivity index (χ1n) is 9.31. The summed E-state index contributed by atoms with van der Waals surface area (Å²) in [6.45, 7) is 6.28. The Kier molecular flexibility index (Phi) is 5.03. The van der Waals surface area contributed by atoms with Crippen LogP contribution in [0.2, 0.25) is 0 Å². The minimum absolute atomic E-state index is 0.140.